The van der Waals surface area contributed by atoms with Gasteiger partial charge in [-0.2, -0.15) is 5.10 Å². The Morgan fingerprint density at radius 3 is 2.48 bits per heavy atom. The Morgan fingerprint density at radius 2 is 1.77 bits per heavy atom. The van der Waals surface area contributed by atoms with E-state index in [0.717, 1.165) is 28.1 Å². The van der Waals surface area contributed by atoms with E-state index in [0.29, 0.717) is 23.9 Å². The van der Waals surface area contributed by atoms with Crippen LogP contribution in [0.25, 0.3) is 17.0 Å². The molecule has 31 heavy (non-hydrogen) atoms. The second kappa shape index (κ2) is 8.55. The van der Waals surface area contributed by atoms with Gasteiger partial charge in [-0.15, -0.1) is 0 Å². The van der Waals surface area contributed by atoms with Crippen molar-refractivity contribution in [3.63, 3.8) is 0 Å². The minimum absolute atomic E-state index is 0.160. The Kier molecular flexibility index (Phi) is 5.66. The van der Waals surface area contributed by atoms with Gasteiger partial charge in [-0.05, 0) is 68.3 Å². The summed E-state index contributed by atoms with van der Waals surface area (Å²) in [5.41, 5.74) is 4.70. The first kappa shape index (κ1) is 20.5. The molecule has 1 amide bonds. The molecule has 0 unspecified atom stereocenters. The van der Waals surface area contributed by atoms with Gasteiger partial charge >= 0.3 is 0 Å². The number of benzene rings is 2. The quantitative estimate of drug-likeness (QED) is 0.469. The van der Waals surface area contributed by atoms with Gasteiger partial charge in [0.2, 0.25) is 5.91 Å². The summed E-state index contributed by atoms with van der Waals surface area (Å²) in [5.74, 6) is 1.14. The molecule has 4 rings (SSSR count). The molecule has 0 fully saturated rings. The van der Waals surface area contributed by atoms with Gasteiger partial charge in [0.1, 0.15) is 11.6 Å². The smallest absolute Gasteiger partial charge is 0.226 e. The largest absolute Gasteiger partial charge is 0.441 e. The first-order valence-corrected chi connectivity index (χ1v) is 10.0. The number of hydrogen-bond acceptors (Lipinski definition) is 4. The summed E-state index contributed by atoms with van der Waals surface area (Å²) in [4.78, 5) is 16.8. The number of amides is 1. The number of anilines is 1. The molecule has 2 aromatic carbocycles. The lowest BCUT2D eigenvalue weighted by Crippen LogP contribution is -2.15. The molecular formula is C24H23FN4O2. The van der Waals surface area contributed by atoms with Crippen molar-refractivity contribution < 1.29 is 13.6 Å². The van der Waals surface area contributed by atoms with Crippen LogP contribution in [0.4, 0.5) is 10.2 Å². The predicted molar refractivity (Wildman–Crippen MR) is 117 cm³/mol. The van der Waals surface area contributed by atoms with Crippen LogP contribution in [0, 0.1) is 26.6 Å². The first-order valence-electron chi connectivity index (χ1n) is 10.0. The molecule has 0 radical (unpaired) electrons. The zero-order valence-electron chi connectivity index (χ0n) is 17.6. The van der Waals surface area contributed by atoms with Crippen LogP contribution >= 0.6 is 0 Å². The number of carbonyl (C=O) groups is 1. The van der Waals surface area contributed by atoms with Crippen molar-refractivity contribution in [3.8, 4) is 17.0 Å². The van der Waals surface area contributed by atoms with Gasteiger partial charge in [0.05, 0.1) is 17.6 Å². The summed E-state index contributed by atoms with van der Waals surface area (Å²) >= 11 is 0. The van der Waals surface area contributed by atoms with Gasteiger partial charge in [-0.1, -0.05) is 6.07 Å². The minimum Gasteiger partial charge on any atom is -0.441 e. The fourth-order valence-electron chi connectivity index (χ4n) is 3.46. The van der Waals surface area contributed by atoms with Crippen LogP contribution in [0.15, 0.2) is 59.1 Å². The number of carbonyl (C=O) groups excluding carboxylic acids is 1. The van der Waals surface area contributed by atoms with Crippen molar-refractivity contribution in [1.29, 1.82) is 0 Å². The Labute approximate surface area is 179 Å². The average Bonchev–Trinajstić information content (AvgIpc) is 3.33. The first-order chi connectivity index (χ1) is 14.9. The molecule has 7 heteroatoms. The maximum atomic E-state index is 13.1. The highest BCUT2D eigenvalue weighted by molar-refractivity contribution is 5.90. The van der Waals surface area contributed by atoms with E-state index in [4.69, 9.17) is 4.42 Å². The molecule has 1 N–H and O–H groups in total. The summed E-state index contributed by atoms with van der Waals surface area (Å²) in [6.45, 7) is 5.95. The third kappa shape index (κ3) is 4.88. The van der Waals surface area contributed by atoms with Crippen molar-refractivity contribution in [2.45, 2.75) is 33.6 Å². The SMILES string of the molecule is Cc1cc(C)cc(-n2nc(C)cc2NC(=O)CCc2ncc(-c3ccc(F)cc3)o2)c1. The fourth-order valence-corrected chi connectivity index (χ4v) is 3.46. The number of aromatic nitrogens is 3. The number of rotatable bonds is 6. The second-order valence-corrected chi connectivity index (χ2v) is 7.60. The van der Waals surface area contributed by atoms with Crippen LogP contribution in [0.1, 0.15) is 29.1 Å². The molecule has 0 spiro atoms. The van der Waals surface area contributed by atoms with Crippen molar-refractivity contribution in [1.82, 2.24) is 14.8 Å². The highest BCUT2D eigenvalue weighted by Crippen LogP contribution is 2.22. The Bertz CT molecular complexity index is 1200. The van der Waals surface area contributed by atoms with Gasteiger partial charge < -0.3 is 9.73 Å². The van der Waals surface area contributed by atoms with E-state index in [1.807, 2.05) is 39.0 Å². The van der Waals surface area contributed by atoms with Crippen LogP contribution < -0.4 is 5.32 Å². The standard InChI is InChI=1S/C24H23FN4O2/c1-15-10-16(2)12-20(11-15)29-22(13-17(3)28-29)27-23(30)8-9-24-26-14-21(31-24)18-4-6-19(25)7-5-18/h4-7,10-14H,8-9H2,1-3H3,(H,27,30). The molecule has 0 aliphatic heterocycles. The van der Waals surface area contributed by atoms with Gasteiger partial charge in [-0.3, -0.25) is 4.79 Å². The molecule has 0 aliphatic carbocycles. The molecule has 0 saturated heterocycles. The van der Waals surface area contributed by atoms with Crippen LogP contribution in [0.3, 0.4) is 0 Å². The number of nitrogens with zero attached hydrogens (tertiary/aromatic N) is 3. The van der Waals surface area contributed by atoms with Crippen LogP contribution in [0.2, 0.25) is 0 Å². The van der Waals surface area contributed by atoms with Gasteiger partial charge in [0, 0.05) is 24.5 Å². The van der Waals surface area contributed by atoms with Crippen LogP contribution in [-0.2, 0) is 11.2 Å². The molecule has 6 nitrogen and oxygen atoms in total. The van der Waals surface area contributed by atoms with Crippen molar-refractivity contribution in [3.05, 3.63) is 83.3 Å². The van der Waals surface area contributed by atoms with E-state index in [1.165, 1.54) is 12.1 Å². The van der Waals surface area contributed by atoms with Crippen molar-refractivity contribution in [2.75, 3.05) is 5.32 Å². The average molecular weight is 418 g/mol. The summed E-state index contributed by atoms with van der Waals surface area (Å²) in [5, 5.41) is 7.46. The van der Waals surface area contributed by atoms with E-state index in [2.05, 4.69) is 21.5 Å². The molecule has 4 aromatic rings. The van der Waals surface area contributed by atoms with E-state index >= 15 is 0 Å². The molecule has 0 saturated carbocycles. The third-order valence-corrected chi connectivity index (χ3v) is 4.80. The van der Waals surface area contributed by atoms with E-state index in [-0.39, 0.29) is 18.1 Å². The summed E-state index contributed by atoms with van der Waals surface area (Å²) in [7, 11) is 0. The zero-order chi connectivity index (χ0) is 22.0. The van der Waals surface area contributed by atoms with E-state index in [1.54, 1.807) is 23.0 Å². The molecule has 2 heterocycles. The monoisotopic (exact) mass is 418 g/mol. The number of halogens is 1. The Balaban J connectivity index is 1.43. The van der Waals surface area contributed by atoms with E-state index < -0.39 is 0 Å². The lowest BCUT2D eigenvalue weighted by atomic mass is 10.1. The third-order valence-electron chi connectivity index (χ3n) is 4.80. The number of oxazole rings is 1. The fraction of sp³-hybridized carbons (Fsp3) is 0.208. The van der Waals surface area contributed by atoms with Crippen molar-refractivity contribution in [2.24, 2.45) is 0 Å². The summed E-state index contributed by atoms with van der Waals surface area (Å²) in [6.07, 6.45) is 2.14. The highest BCUT2D eigenvalue weighted by Gasteiger charge is 2.13. The maximum absolute atomic E-state index is 13.1. The van der Waals surface area contributed by atoms with E-state index in [9.17, 15) is 9.18 Å². The summed E-state index contributed by atoms with van der Waals surface area (Å²) in [6, 6.07) is 14.0. The number of nitrogens with one attached hydrogen (secondary N) is 1. The Hall–Kier alpha value is -3.74. The van der Waals surface area contributed by atoms with Crippen LogP contribution in [-0.4, -0.2) is 20.7 Å². The maximum Gasteiger partial charge on any atom is 0.226 e. The summed E-state index contributed by atoms with van der Waals surface area (Å²) < 4.78 is 20.5. The topological polar surface area (TPSA) is 73.0 Å². The second-order valence-electron chi connectivity index (χ2n) is 7.60. The zero-order valence-corrected chi connectivity index (χ0v) is 17.6. The lowest BCUT2D eigenvalue weighted by Gasteiger charge is -2.10. The molecule has 0 bridgehead atoms. The minimum atomic E-state index is -0.310. The Morgan fingerprint density at radius 1 is 1.06 bits per heavy atom. The van der Waals surface area contributed by atoms with Gasteiger partial charge in [0.15, 0.2) is 11.7 Å². The molecule has 0 aliphatic rings. The molecule has 0 atom stereocenters. The lowest BCUT2D eigenvalue weighted by molar-refractivity contribution is -0.116. The molecule has 158 valence electrons. The van der Waals surface area contributed by atoms with Gasteiger partial charge in [-0.25, -0.2) is 14.1 Å². The highest BCUT2D eigenvalue weighted by atomic mass is 19.1. The predicted octanol–water partition coefficient (Wildman–Crippen LogP) is 5.16. The normalized spacial score (nSPS) is 11.0. The number of aryl methyl sites for hydroxylation is 4. The molecular weight excluding hydrogens is 395 g/mol. The van der Waals surface area contributed by atoms with Crippen LogP contribution in [0.5, 0.6) is 0 Å². The molecule has 2 aromatic heterocycles. The number of hydrogen-bond donors (Lipinski definition) is 1. The van der Waals surface area contributed by atoms with Crippen molar-refractivity contribution >= 4 is 11.7 Å². The van der Waals surface area contributed by atoms with Gasteiger partial charge in [0.25, 0.3) is 0 Å².